The number of carbonyl (C=O) groups excluding carboxylic acids is 1. The first-order chi connectivity index (χ1) is 11.3. The lowest BCUT2D eigenvalue weighted by molar-refractivity contribution is 0.0528. The Hall–Kier alpha value is -2.08. The van der Waals surface area contributed by atoms with Crippen molar-refractivity contribution in [3.63, 3.8) is 0 Å². The molecule has 6 heteroatoms. The van der Waals surface area contributed by atoms with Crippen molar-refractivity contribution in [2.24, 2.45) is 0 Å². The van der Waals surface area contributed by atoms with E-state index < -0.39 is 11.7 Å². The number of halogens is 1. The summed E-state index contributed by atoms with van der Waals surface area (Å²) in [7, 11) is 0. The van der Waals surface area contributed by atoms with E-state index in [4.69, 9.17) is 4.74 Å². The molecular weight excluding hydrogens is 370 g/mol. The van der Waals surface area contributed by atoms with Gasteiger partial charge in [0.05, 0.1) is 11.0 Å². The summed E-state index contributed by atoms with van der Waals surface area (Å²) >= 11 is 3.47. The number of fused-ring (bicyclic) bond motifs is 3. The number of benzene rings is 1. The molecule has 2 aromatic heterocycles. The molecule has 0 unspecified atom stereocenters. The Kier molecular flexibility index (Phi) is 4.49. The maximum atomic E-state index is 11.7. The van der Waals surface area contributed by atoms with Crippen molar-refractivity contribution in [2.75, 3.05) is 6.54 Å². The van der Waals surface area contributed by atoms with Crippen LogP contribution in [0, 0.1) is 0 Å². The number of nitrogens with one attached hydrogen (secondary N) is 2. The standard InChI is InChI=1S/C18H20BrN3O2/c1-18(2,3)24-17(23)20-7-6-13-8-11-10-21-15-9-12(19)4-5-14(15)16(11)22-13/h4-5,8-10,22H,6-7H2,1-3H3,(H,20,23). The predicted octanol–water partition coefficient (Wildman–Crippen LogP) is 4.55. The molecule has 5 nitrogen and oxygen atoms in total. The highest BCUT2D eigenvalue weighted by atomic mass is 79.9. The number of ether oxygens (including phenoxy) is 1. The summed E-state index contributed by atoms with van der Waals surface area (Å²) in [6.45, 7) is 6.06. The van der Waals surface area contributed by atoms with Crippen LogP contribution in [0.15, 0.2) is 34.9 Å². The fourth-order valence-corrected chi connectivity index (χ4v) is 2.91. The monoisotopic (exact) mass is 389 g/mol. The van der Waals surface area contributed by atoms with E-state index in [9.17, 15) is 4.79 Å². The molecule has 2 N–H and O–H groups in total. The number of nitrogens with zero attached hydrogens (tertiary/aromatic N) is 1. The summed E-state index contributed by atoms with van der Waals surface area (Å²) in [4.78, 5) is 19.6. The van der Waals surface area contributed by atoms with Gasteiger partial charge in [-0.1, -0.05) is 15.9 Å². The van der Waals surface area contributed by atoms with Gasteiger partial charge in [0.2, 0.25) is 0 Å². The fourth-order valence-electron chi connectivity index (χ4n) is 2.56. The lowest BCUT2D eigenvalue weighted by Gasteiger charge is -2.19. The SMILES string of the molecule is CC(C)(C)OC(=O)NCCc1cc2cnc3cc(Br)ccc3c2[nH]1. The number of rotatable bonds is 3. The Labute approximate surface area is 148 Å². The molecule has 0 saturated heterocycles. The predicted molar refractivity (Wildman–Crippen MR) is 99.2 cm³/mol. The normalized spacial score (nSPS) is 11.8. The third kappa shape index (κ3) is 3.87. The summed E-state index contributed by atoms with van der Waals surface area (Å²) in [6.07, 6.45) is 2.17. The molecule has 0 aliphatic carbocycles. The zero-order chi connectivity index (χ0) is 17.3. The van der Waals surface area contributed by atoms with Crippen LogP contribution in [0.4, 0.5) is 4.79 Å². The van der Waals surface area contributed by atoms with Gasteiger partial charge in [-0.05, 0) is 45.0 Å². The largest absolute Gasteiger partial charge is 0.444 e. The van der Waals surface area contributed by atoms with Gasteiger partial charge in [-0.3, -0.25) is 4.98 Å². The number of hydrogen-bond acceptors (Lipinski definition) is 3. The fraction of sp³-hybridized carbons (Fsp3) is 0.333. The smallest absolute Gasteiger partial charge is 0.407 e. The van der Waals surface area contributed by atoms with Gasteiger partial charge in [0.1, 0.15) is 5.60 Å². The second-order valence-electron chi connectivity index (χ2n) is 6.72. The van der Waals surface area contributed by atoms with Crippen LogP contribution in [0.5, 0.6) is 0 Å². The lowest BCUT2D eigenvalue weighted by atomic mass is 10.2. The minimum Gasteiger partial charge on any atom is -0.444 e. The molecule has 3 aromatic rings. The lowest BCUT2D eigenvalue weighted by Crippen LogP contribution is -2.33. The molecule has 1 aromatic carbocycles. The Balaban J connectivity index is 1.72. The van der Waals surface area contributed by atoms with Crippen molar-refractivity contribution in [1.29, 1.82) is 0 Å². The van der Waals surface area contributed by atoms with Crippen molar-refractivity contribution < 1.29 is 9.53 Å². The van der Waals surface area contributed by atoms with E-state index in [2.05, 4.69) is 37.3 Å². The summed E-state index contributed by atoms with van der Waals surface area (Å²) < 4.78 is 6.24. The van der Waals surface area contributed by atoms with E-state index in [1.807, 2.05) is 45.2 Å². The van der Waals surface area contributed by atoms with Crippen LogP contribution in [0.2, 0.25) is 0 Å². The molecule has 0 saturated carbocycles. The van der Waals surface area contributed by atoms with Gasteiger partial charge < -0.3 is 15.0 Å². The van der Waals surface area contributed by atoms with Gasteiger partial charge in [0.25, 0.3) is 0 Å². The van der Waals surface area contributed by atoms with Crippen LogP contribution >= 0.6 is 15.9 Å². The molecule has 0 atom stereocenters. The zero-order valence-corrected chi connectivity index (χ0v) is 15.5. The highest BCUT2D eigenvalue weighted by Crippen LogP contribution is 2.26. The third-order valence-electron chi connectivity index (χ3n) is 3.54. The molecular formula is C18H20BrN3O2. The van der Waals surface area contributed by atoms with Crippen molar-refractivity contribution in [3.8, 4) is 0 Å². The van der Waals surface area contributed by atoms with Crippen LogP contribution < -0.4 is 5.32 Å². The van der Waals surface area contributed by atoms with Gasteiger partial charge in [-0.25, -0.2) is 4.79 Å². The first-order valence-electron chi connectivity index (χ1n) is 7.84. The average Bonchev–Trinajstić information content (AvgIpc) is 2.88. The third-order valence-corrected chi connectivity index (χ3v) is 4.03. The molecule has 0 spiro atoms. The second kappa shape index (κ2) is 6.43. The highest BCUT2D eigenvalue weighted by molar-refractivity contribution is 9.10. The molecule has 126 valence electrons. The zero-order valence-electron chi connectivity index (χ0n) is 13.9. The molecule has 0 bridgehead atoms. The summed E-state index contributed by atoms with van der Waals surface area (Å²) in [5.41, 5.74) is 2.58. The number of hydrogen-bond donors (Lipinski definition) is 2. The first kappa shape index (κ1) is 16.8. The van der Waals surface area contributed by atoms with Gasteiger partial charge in [-0.2, -0.15) is 0 Å². The van der Waals surface area contributed by atoms with Crippen molar-refractivity contribution in [3.05, 3.63) is 40.6 Å². The molecule has 1 amide bonds. The Morgan fingerprint density at radius 1 is 1.33 bits per heavy atom. The van der Waals surface area contributed by atoms with E-state index in [1.54, 1.807) is 0 Å². The number of aromatic nitrogens is 2. The molecule has 0 aliphatic rings. The number of pyridine rings is 1. The summed E-state index contributed by atoms with van der Waals surface area (Å²) in [5.74, 6) is 0. The van der Waals surface area contributed by atoms with E-state index in [0.29, 0.717) is 13.0 Å². The van der Waals surface area contributed by atoms with E-state index in [0.717, 1.165) is 32.0 Å². The van der Waals surface area contributed by atoms with Crippen molar-refractivity contribution in [1.82, 2.24) is 15.3 Å². The quantitative estimate of drug-likeness (QED) is 0.690. The van der Waals surface area contributed by atoms with Gasteiger partial charge >= 0.3 is 6.09 Å². The molecule has 3 rings (SSSR count). The first-order valence-corrected chi connectivity index (χ1v) is 8.64. The Bertz CT molecular complexity index is 896. The molecule has 0 fully saturated rings. The van der Waals surface area contributed by atoms with Crippen molar-refractivity contribution in [2.45, 2.75) is 32.8 Å². The molecule has 24 heavy (non-hydrogen) atoms. The van der Waals surface area contributed by atoms with Crippen LogP contribution in [0.1, 0.15) is 26.5 Å². The summed E-state index contributed by atoms with van der Waals surface area (Å²) in [6, 6.07) is 8.13. The average molecular weight is 390 g/mol. The van der Waals surface area contributed by atoms with Crippen LogP contribution in [-0.2, 0) is 11.2 Å². The van der Waals surface area contributed by atoms with E-state index in [-0.39, 0.29) is 0 Å². The van der Waals surface area contributed by atoms with Crippen LogP contribution in [0.3, 0.4) is 0 Å². The molecule has 0 radical (unpaired) electrons. The molecule has 0 aliphatic heterocycles. The number of amides is 1. The maximum Gasteiger partial charge on any atom is 0.407 e. The number of aromatic amines is 1. The topological polar surface area (TPSA) is 67.0 Å². The van der Waals surface area contributed by atoms with E-state index >= 15 is 0 Å². The minimum absolute atomic E-state index is 0.393. The van der Waals surface area contributed by atoms with Gasteiger partial charge in [0, 0.05) is 40.1 Å². The Morgan fingerprint density at radius 2 is 2.12 bits per heavy atom. The maximum absolute atomic E-state index is 11.7. The second-order valence-corrected chi connectivity index (χ2v) is 7.64. The molecule has 2 heterocycles. The summed E-state index contributed by atoms with van der Waals surface area (Å²) in [5, 5.41) is 4.93. The van der Waals surface area contributed by atoms with E-state index in [1.165, 1.54) is 0 Å². The minimum atomic E-state index is -0.482. The van der Waals surface area contributed by atoms with Crippen LogP contribution in [-0.4, -0.2) is 28.2 Å². The Morgan fingerprint density at radius 3 is 2.88 bits per heavy atom. The van der Waals surface area contributed by atoms with Crippen LogP contribution in [0.25, 0.3) is 21.8 Å². The van der Waals surface area contributed by atoms with Crippen molar-refractivity contribution >= 4 is 43.8 Å². The number of carbonyl (C=O) groups is 1. The van der Waals surface area contributed by atoms with Gasteiger partial charge in [0.15, 0.2) is 0 Å². The van der Waals surface area contributed by atoms with Gasteiger partial charge in [-0.15, -0.1) is 0 Å². The number of H-pyrrole nitrogens is 1. The highest BCUT2D eigenvalue weighted by Gasteiger charge is 2.15. The number of alkyl carbamates (subject to hydrolysis) is 1.